The molecular formula is C15H21BrN2O. The predicted octanol–water partition coefficient (Wildman–Crippen LogP) is 3.18. The Morgan fingerprint density at radius 3 is 2.32 bits per heavy atom. The number of ketones is 1. The third-order valence-corrected chi connectivity index (χ3v) is 4.69. The Balaban J connectivity index is 2.25. The molecule has 3 nitrogen and oxygen atoms in total. The lowest BCUT2D eigenvalue weighted by Gasteiger charge is -2.43. The van der Waals surface area contributed by atoms with Crippen LogP contribution in [0.1, 0.15) is 31.1 Å². The Labute approximate surface area is 123 Å². The SMILES string of the molecule is CC(=O)c1ccc(N2CC(C)N(C)C(C)C2)c(Br)c1. The van der Waals surface area contributed by atoms with Gasteiger partial charge >= 0.3 is 0 Å². The summed E-state index contributed by atoms with van der Waals surface area (Å²) in [6.07, 6.45) is 0. The minimum absolute atomic E-state index is 0.104. The molecule has 0 saturated carbocycles. The smallest absolute Gasteiger partial charge is 0.159 e. The van der Waals surface area contributed by atoms with Gasteiger partial charge < -0.3 is 4.90 Å². The number of benzene rings is 1. The highest BCUT2D eigenvalue weighted by molar-refractivity contribution is 9.10. The van der Waals surface area contributed by atoms with Gasteiger partial charge in [0, 0.05) is 35.2 Å². The first-order valence-corrected chi connectivity index (χ1v) is 7.47. The van der Waals surface area contributed by atoms with Gasteiger partial charge in [-0.1, -0.05) is 0 Å². The number of hydrogen-bond donors (Lipinski definition) is 0. The van der Waals surface area contributed by atoms with Gasteiger partial charge in [0.2, 0.25) is 0 Å². The molecule has 0 bridgehead atoms. The van der Waals surface area contributed by atoms with Crippen LogP contribution in [0.4, 0.5) is 5.69 Å². The molecule has 1 aromatic rings. The van der Waals surface area contributed by atoms with Crippen LogP contribution in [0.25, 0.3) is 0 Å². The molecule has 2 atom stereocenters. The topological polar surface area (TPSA) is 23.6 Å². The molecule has 2 rings (SSSR count). The number of nitrogens with zero attached hydrogens (tertiary/aromatic N) is 2. The van der Waals surface area contributed by atoms with Crippen molar-refractivity contribution in [2.45, 2.75) is 32.9 Å². The summed E-state index contributed by atoms with van der Waals surface area (Å²) in [6.45, 7) is 8.13. The minimum atomic E-state index is 0.104. The van der Waals surface area contributed by atoms with Gasteiger partial charge in [-0.05, 0) is 61.9 Å². The van der Waals surface area contributed by atoms with Gasteiger partial charge in [-0.15, -0.1) is 0 Å². The molecule has 2 unspecified atom stereocenters. The van der Waals surface area contributed by atoms with Gasteiger partial charge in [-0.2, -0.15) is 0 Å². The largest absolute Gasteiger partial charge is 0.368 e. The third kappa shape index (κ3) is 3.00. The average Bonchev–Trinajstić information content (AvgIpc) is 2.35. The van der Waals surface area contributed by atoms with Crippen LogP contribution < -0.4 is 4.90 Å². The number of likely N-dealkylation sites (N-methyl/N-ethyl adjacent to an activating group) is 1. The van der Waals surface area contributed by atoms with Crippen molar-refractivity contribution in [1.29, 1.82) is 0 Å². The van der Waals surface area contributed by atoms with Crippen LogP contribution in [0.15, 0.2) is 22.7 Å². The number of carbonyl (C=O) groups excluding carboxylic acids is 1. The summed E-state index contributed by atoms with van der Waals surface area (Å²) in [5.74, 6) is 0.104. The van der Waals surface area contributed by atoms with E-state index in [9.17, 15) is 4.79 Å². The van der Waals surface area contributed by atoms with Crippen molar-refractivity contribution in [3.05, 3.63) is 28.2 Å². The fraction of sp³-hybridized carbons (Fsp3) is 0.533. The first-order chi connectivity index (χ1) is 8.90. The second kappa shape index (κ2) is 5.63. The van der Waals surface area contributed by atoms with Crippen LogP contribution in [-0.2, 0) is 0 Å². The quantitative estimate of drug-likeness (QED) is 0.780. The van der Waals surface area contributed by atoms with Crippen molar-refractivity contribution in [2.75, 3.05) is 25.0 Å². The summed E-state index contributed by atoms with van der Waals surface area (Å²) in [6, 6.07) is 6.94. The normalized spacial score (nSPS) is 24.6. The molecule has 1 fully saturated rings. The van der Waals surface area contributed by atoms with Crippen LogP contribution in [0.5, 0.6) is 0 Å². The lowest BCUT2D eigenvalue weighted by molar-refractivity contribution is 0.101. The van der Waals surface area contributed by atoms with Crippen molar-refractivity contribution in [3.8, 4) is 0 Å². The molecule has 1 saturated heterocycles. The second-order valence-electron chi connectivity index (χ2n) is 5.49. The highest BCUT2D eigenvalue weighted by atomic mass is 79.9. The first-order valence-electron chi connectivity index (χ1n) is 6.67. The van der Waals surface area contributed by atoms with E-state index in [1.807, 2.05) is 18.2 Å². The third-order valence-electron chi connectivity index (χ3n) is 4.05. The number of carbonyl (C=O) groups is 1. The van der Waals surface area contributed by atoms with Crippen molar-refractivity contribution in [2.24, 2.45) is 0 Å². The molecule has 0 N–H and O–H groups in total. The number of Topliss-reactive ketones (excluding diaryl/α,β-unsaturated/α-hetero) is 1. The molecule has 4 heteroatoms. The Morgan fingerprint density at radius 1 is 1.26 bits per heavy atom. The molecule has 19 heavy (non-hydrogen) atoms. The number of hydrogen-bond acceptors (Lipinski definition) is 3. The van der Waals surface area contributed by atoms with Crippen molar-refractivity contribution >= 4 is 27.4 Å². The van der Waals surface area contributed by atoms with Crippen molar-refractivity contribution in [3.63, 3.8) is 0 Å². The summed E-state index contributed by atoms with van der Waals surface area (Å²) in [5.41, 5.74) is 1.93. The van der Waals surface area contributed by atoms with E-state index in [4.69, 9.17) is 0 Å². The Morgan fingerprint density at radius 2 is 1.84 bits per heavy atom. The lowest BCUT2D eigenvalue weighted by Crippen LogP contribution is -2.55. The summed E-state index contributed by atoms with van der Waals surface area (Å²) in [7, 11) is 2.18. The zero-order valence-electron chi connectivity index (χ0n) is 12.0. The maximum Gasteiger partial charge on any atom is 0.159 e. The standard InChI is InChI=1S/C15H21BrN2O/c1-10-8-18(9-11(2)17(10)4)15-6-5-13(12(3)19)7-14(15)16/h5-7,10-11H,8-9H2,1-4H3. The number of rotatable bonds is 2. The molecule has 0 amide bonds. The highest BCUT2D eigenvalue weighted by Gasteiger charge is 2.27. The van der Waals surface area contributed by atoms with E-state index in [1.165, 1.54) is 5.69 Å². The minimum Gasteiger partial charge on any atom is -0.368 e. The fourth-order valence-electron chi connectivity index (χ4n) is 2.58. The molecular weight excluding hydrogens is 304 g/mol. The second-order valence-corrected chi connectivity index (χ2v) is 6.35. The van der Waals surface area contributed by atoms with Gasteiger partial charge in [0.1, 0.15) is 0 Å². The van der Waals surface area contributed by atoms with Crippen LogP contribution in [0, 0.1) is 0 Å². The molecule has 0 spiro atoms. The van der Waals surface area contributed by atoms with Crippen LogP contribution in [-0.4, -0.2) is 42.9 Å². The predicted molar refractivity (Wildman–Crippen MR) is 83.0 cm³/mol. The summed E-state index contributed by atoms with van der Waals surface area (Å²) in [4.78, 5) is 16.2. The zero-order valence-corrected chi connectivity index (χ0v) is 13.6. The molecule has 1 aromatic carbocycles. The van der Waals surface area contributed by atoms with Crippen molar-refractivity contribution in [1.82, 2.24) is 4.90 Å². The maximum atomic E-state index is 11.4. The van der Waals surface area contributed by atoms with Crippen LogP contribution >= 0.6 is 15.9 Å². The monoisotopic (exact) mass is 324 g/mol. The van der Waals surface area contributed by atoms with E-state index in [2.05, 4.69) is 46.6 Å². The Bertz CT molecular complexity index is 477. The van der Waals surface area contributed by atoms with Crippen LogP contribution in [0.3, 0.4) is 0 Å². The van der Waals surface area contributed by atoms with Crippen LogP contribution in [0.2, 0.25) is 0 Å². The Kier molecular flexibility index (Phi) is 4.31. The Hall–Kier alpha value is -0.870. The lowest BCUT2D eigenvalue weighted by atomic mass is 10.1. The molecule has 0 radical (unpaired) electrons. The molecule has 0 aliphatic carbocycles. The molecule has 0 aromatic heterocycles. The highest BCUT2D eigenvalue weighted by Crippen LogP contribution is 2.30. The average molecular weight is 325 g/mol. The van der Waals surface area contributed by atoms with Gasteiger partial charge in [-0.3, -0.25) is 9.69 Å². The van der Waals surface area contributed by atoms with Gasteiger partial charge in [-0.25, -0.2) is 0 Å². The van der Waals surface area contributed by atoms with E-state index < -0.39 is 0 Å². The van der Waals surface area contributed by atoms with E-state index >= 15 is 0 Å². The molecule has 104 valence electrons. The first kappa shape index (κ1) is 14.5. The van der Waals surface area contributed by atoms with Gasteiger partial charge in [0.05, 0.1) is 5.69 Å². The molecule has 1 aliphatic rings. The molecule has 1 aliphatic heterocycles. The molecule has 1 heterocycles. The maximum absolute atomic E-state index is 11.4. The van der Waals surface area contributed by atoms with E-state index in [1.54, 1.807) is 6.92 Å². The summed E-state index contributed by atoms with van der Waals surface area (Å²) in [5, 5.41) is 0. The van der Waals surface area contributed by atoms with Crippen molar-refractivity contribution < 1.29 is 4.79 Å². The summed E-state index contributed by atoms with van der Waals surface area (Å²) >= 11 is 3.60. The summed E-state index contributed by atoms with van der Waals surface area (Å²) < 4.78 is 1.00. The zero-order chi connectivity index (χ0) is 14.2. The van der Waals surface area contributed by atoms with E-state index in [0.29, 0.717) is 12.1 Å². The number of piperazine rings is 1. The number of halogens is 1. The fourth-order valence-corrected chi connectivity index (χ4v) is 3.21. The van der Waals surface area contributed by atoms with E-state index in [-0.39, 0.29) is 5.78 Å². The van der Waals surface area contributed by atoms with Gasteiger partial charge in [0.25, 0.3) is 0 Å². The van der Waals surface area contributed by atoms with Gasteiger partial charge in [0.15, 0.2) is 5.78 Å². The van der Waals surface area contributed by atoms with E-state index in [0.717, 1.165) is 23.1 Å². The number of anilines is 1.